The highest BCUT2D eigenvalue weighted by Crippen LogP contribution is 2.66. The number of piperidine rings is 1. The van der Waals surface area contributed by atoms with Crippen LogP contribution in [0.2, 0.25) is 0 Å². The van der Waals surface area contributed by atoms with E-state index in [0.717, 1.165) is 43.6 Å². The molecule has 2 saturated heterocycles. The van der Waals surface area contributed by atoms with Gasteiger partial charge in [-0.2, -0.15) is 0 Å². The summed E-state index contributed by atoms with van der Waals surface area (Å²) in [5, 5.41) is 12.3. The van der Waals surface area contributed by atoms with Gasteiger partial charge in [-0.3, -0.25) is 0 Å². The summed E-state index contributed by atoms with van der Waals surface area (Å²) in [6.45, 7) is 11.1. The second-order valence-corrected chi connectivity index (χ2v) is 14.7. The second kappa shape index (κ2) is 9.40. The van der Waals surface area contributed by atoms with Crippen LogP contribution in [0.25, 0.3) is 0 Å². The molecule has 1 spiro atoms. The number of ether oxygens (including phenoxy) is 2. The fourth-order valence-corrected chi connectivity index (χ4v) is 10.7. The van der Waals surface area contributed by atoms with E-state index in [2.05, 4.69) is 43.3 Å². The summed E-state index contributed by atoms with van der Waals surface area (Å²) in [5.74, 6) is 4.00. The van der Waals surface area contributed by atoms with Gasteiger partial charge in [0.2, 0.25) is 0 Å². The molecule has 0 radical (unpaired) electrons. The molecular formula is C32H48N4O3. The minimum absolute atomic E-state index is 0.0311. The Kier molecular flexibility index (Phi) is 6.31. The van der Waals surface area contributed by atoms with Crippen LogP contribution in [-0.2, 0) is 9.47 Å². The minimum Gasteiger partial charge on any atom is -0.464 e. The number of carbonyl (C=O) groups is 1. The topological polar surface area (TPSA) is 78.3 Å². The van der Waals surface area contributed by atoms with Crippen LogP contribution in [0.1, 0.15) is 108 Å². The Balaban J connectivity index is 1.09. The van der Waals surface area contributed by atoms with E-state index < -0.39 is 5.97 Å². The lowest BCUT2D eigenvalue weighted by Crippen LogP contribution is -2.48. The molecule has 6 aliphatic rings. The summed E-state index contributed by atoms with van der Waals surface area (Å²) in [6, 6.07) is 0.863. The maximum atomic E-state index is 11.9. The molecule has 0 unspecified atom stereocenters. The average molecular weight is 537 g/mol. The van der Waals surface area contributed by atoms with Crippen molar-refractivity contribution in [2.24, 2.45) is 40.9 Å². The monoisotopic (exact) mass is 536 g/mol. The smallest absolute Gasteiger partial charge is 0.360 e. The van der Waals surface area contributed by atoms with E-state index in [9.17, 15) is 4.79 Å². The third-order valence-corrected chi connectivity index (χ3v) is 12.9. The lowest BCUT2D eigenvalue weighted by Gasteiger charge is -2.54. The number of fused-ring (bicyclic) bond motifs is 6. The number of carbonyl (C=O) groups excluding carboxylic acids is 1. The van der Waals surface area contributed by atoms with Crippen LogP contribution in [0.3, 0.4) is 0 Å². The van der Waals surface area contributed by atoms with E-state index in [-0.39, 0.29) is 5.60 Å². The number of hydrogen-bond acceptors (Lipinski definition) is 6. The van der Waals surface area contributed by atoms with Crippen molar-refractivity contribution in [3.63, 3.8) is 0 Å². The molecule has 7 nitrogen and oxygen atoms in total. The first-order chi connectivity index (χ1) is 18.7. The van der Waals surface area contributed by atoms with Crippen LogP contribution < -0.4 is 5.32 Å². The average Bonchev–Trinajstić information content (AvgIpc) is 3.60. The molecule has 3 saturated carbocycles. The highest BCUT2D eigenvalue weighted by molar-refractivity contribution is 5.86. The van der Waals surface area contributed by atoms with Crippen molar-refractivity contribution in [2.75, 3.05) is 13.7 Å². The van der Waals surface area contributed by atoms with Crippen LogP contribution in [-0.4, -0.2) is 52.4 Å². The Bertz CT molecular complexity index is 1160. The fourth-order valence-electron chi connectivity index (χ4n) is 10.7. The van der Waals surface area contributed by atoms with Gasteiger partial charge in [0, 0.05) is 12.0 Å². The maximum Gasteiger partial charge on any atom is 0.360 e. The first kappa shape index (κ1) is 26.2. The van der Waals surface area contributed by atoms with Gasteiger partial charge >= 0.3 is 5.97 Å². The normalized spacial score (nSPS) is 47.3. The molecule has 39 heavy (non-hydrogen) atoms. The van der Waals surface area contributed by atoms with Crippen LogP contribution >= 0.6 is 0 Å². The number of methoxy groups -OCH3 is 1. The van der Waals surface area contributed by atoms with E-state index in [1.54, 1.807) is 11.8 Å². The van der Waals surface area contributed by atoms with Gasteiger partial charge in [-0.1, -0.05) is 37.1 Å². The molecular weight excluding hydrogens is 488 g/mol. The van der Waals surface area contributed by atoms with E-state index in [1.165, 1.54) is 52.1 Å². The lowest BCUT2D eigenvalue weighted by atomic mass is 9.52. The molecule has 214 valence electrons. The summed E-state index contributed by atoms with van der Waals surface area (Å²) in [7, 11) is 1.40. The number of nitrogens with one attached hydrogen (secondary N) is 1. The number of rotatable bonds is 2. The number of aromatic nitrogens is 3. The fraction of sp³-hybridized carbons (Fsp3) is 0.844. The Morgan fingerprint density at radius 1 is 1.18 bits per heavy atom. The summed E-state index contributed by atoms with van der Waals surface area (Å²) >= 11 is 0. The number of hydrogen-bond donors (Lipinski definition) is 1. The standard InChI is InChI=1S/C32H48N4O3/c1-18-12-28-29(33-16-18)20(3)32(39-28)11-9-23-24-7-6-21-13-22(36-17-27(34-35-36)30(37)38-5)8-10-31(21,4)26(24)14-25(23)19(2)15-32/h17-18,20-24,26,28-29,33H,6-16H2,1-5H3/t18-,20+,21+,22-,23-,24-,26-,28+,29-,31-,32-/m0/s1. The highest BCUT2D eigenvalue weighted by atomic mass is 16.5. The molecule has 7 rings (SSSR count). The van der Waals surface area contributed by atoms with Gasteiger partial charge in [0.1, 0.15) is 0 Å². The molecule has 0 bridgehead atoms. The van der Waals surface area contributed by atoms with Gasteiger partial charge in [-0.05, 0) is 113 Å². The molecule has 11 atom stereocenters. The van der Waals surface area contributed by atoms with E-state index in [1.807, 2.05) is 10.3 Å². The van der Waals surface area contributed by atoms with Crippen LogP contribution in [0.15, 0.2) is 17.3 Å². The molecule has 5 fully saturated rings. The summed E-state index contributed by atoms with van der Waals surface area (Å²) in [4.78, 5) is 11.9. The van der Waals surface area contributed by atoms with Crippen molar-refractivity contribution in [3.8, 4) is 0 Å². The maximum absolute atomic E-state index is 11.9. The van der Waals surface area contributed by atoms with Gasteiger partial charge in [-0.15, -0.1) is 5.10 Å². The SMILES string of the molecule is COC(=O)c1cn([C@H]2CC[C@@]3(C)[C@H](CC[C@H]4[C@@H]5CC[C@@]6(CC(C)=C5C[C@@H]43)O[C@@H]3C[C@H](C)CN[C@H]3[C@H]6C)C2)nn1. The zero-order chi connectivity index (χ0) is 27.1. The molecule has 1 N–H and O–H groups in total. The molecule has 7 heteroatoms. The minimum atomic E-state index is -0.403. The predicted octanol–water partition coefficient (Wildman–Crippen LogP) is 5.73. The summed E-state index contributed by atoms with van der Waals surface area (Å²) in [5.41, 5.74) is 4.22. The quantitative estimate of drug-likeness (QED) is 0.384. The van der Waals surface area contributed by atoms with E-state index in [4.69, 9.17) is 9.47 Å². The van der Waals surface area contributed by atoms with Crippen molar-refractivity contribution in [1.29, 1.82) is 0 Å². The molecule has 0 amide bonds. The number of esters is 1. The zero-order valence-electron chi connectivity index (χ0n) is 24.6. The third kappa shape index (κ3) is 3.99. The Morgan fingerprint density at radius 3 is 2.85 bits per heavy atom. The largest absolute Gasteiger partial charge is 0.464 e. The van der Waals surface area contributed by atoms with Gasteiger partial charge in [-0.25, -0.2) is 9.48 Å². The Labute approximate surface area is 233 Å². The van der Waals surface area contributed by atoms with E-state index >= 15 is 0 Å². The summed E-state index contributed by atoms with van der Waals surface area (Å²) < 4.78 is 13.9. The van der Waals surface area contributed by atoms with Crippen molar-refractivity contribution >= 4 is 5.97 Å². The zero-order valence-corrected chi connectivity index (χ0v) is 24.6. The van der Waals surface area contributed by atoms with Crippen molar-refractivity contribution in [1.82, 2.24) is 20.3 Å². The van der Waals surface area contributed by atoms with Gasteiger partial charge in [0.25, 0.3) is 0 Å². The van der Waals surface area contributed by atoms with Crippen LogP contribution in [0.4, 0.5) is 0 Å². The van der Waals surface area contributed by atoms with Gasteiger partial charge in [0.15, 0.2) is 5.69 Å². The van der Waals surface area contributed by atoms with Crippen LogP contribution in [0, 0.1) is 40.9 Å². The van der Waals surface area contributed by atoms with Crippen molar-refractivity contribution < 1.29 is 14.3 Å². The van der Waals surface area contributed by atoms with Crippen molar-refractivity contribution in [3.05, 3.63) is 23.0 Å². The van der Waals surface area contributed by atoms with E-state index in [0.29, 0.717) is 47.1 Å². The molecule has 1 aromatic heterocycles. The summed E-state index contributed by atoms with van der Waals surface area (Å²) in [6.07, 6.45) is 14.6. The van der Waals surface area contributed by atoms with Gasteiger partial charge < -0.3 is 14.8 Å². The molecule has 2 aliphatic heterocycles. The Hall–Kier alpha value is -1.73. The van der Waals surface area contributed by atoms with Gasteiger partial charge in [0.05, 0.1) is 31.1 Å². The van der Waals surface area contributed by atoms with Crippen molar-refractivity contribution in [2.45, 2.75) is 116 Å². The second-order valence-electron chi connectivity index (χ2n) is 14.7. The molecule has 4 aliphatic carbocycles. The third-order valence-electron chi connectivity index (χ3n) is 12.9. The first-order valence-electron chi connectivity index (χ1n) is 15.8. The van der Waals surface area contributed by atoms with Crippen LogP contribution in [0.5, 0.6) is 0 Å². The predicted molar refractivity (Wildman–Crippen MR) is 149 cm³/mol. The molecule has 3 heterocycles. The number of nitrogens with zero attached hydrogens (tertiary/aromatic N) is 3. The molecule has 0 aromatic carbocycles. The number of allylic oxidation sites excluding steroid dienone is 1. The Morgan fingerprint density at radius 2 is 2.03 bits per heavy atom. The lowest BCUT2D eigenvalue weighted by molar-refractivity contribution is -0.0753. The highest BCUT2D eigenvalue weighted by Gasteiger charge is 2.59. The molecule has 1 aromatic rings. The first-order valence-corrected chi connectivity index (χ1v) is 15.8.